The zero-order valence-corrected chi connectivity index (χ0v) is 6.42. The van der Waals surface area contributed by atoms with Crippen molar-refractivity contribution < 1.29 is 18.7 Å². The summed E-state index contributed by atoms with van der Waals surface area (Å²) in [6, 6.07) is 0. The van der Waals surface area contributed by atoms with Gasteiger partial charge < -0.3 is 10.4 Å². The van der Waals surface area contributed by atoms with E-state index in [1.807, 2.05) is 5.32 Å². The number of nitrogens with one attached hydrogen (secondary N) is 1. The number of carboxylic acid groups (broad SMARTS) is 1. The lowest BCUT2D eigenvalue weighted by Gasteiger charge is -2.03. The van der Waals surface area contributed by atoms with Gasteiger partial charge in [0, 0.05) is 5.56 Å². The molecule has 0 spiro atoms. The van der Waals surface area contributed by atoms with Gasteiger partial charge in [0.15, 0.2) is 0 Å². The Labute approximate surface area is 72.2 Å². The van der Waals surface area contributed by atoms with Crippen LogP contribution in [0.25, 0.3) is 0 Å². The van der Waals surface area contributed by atoms with Crippen LogP contribution >= 0.6 is 0 Å². The molecule has 0 atom stereocenters. The van der Waals surface area contributed by atoms with Crippen LogP contribution in [0.5, 0.6) is 0 Å². The molecule has 1 aromatic rings. The maximum Gasteiger partial charge on any atom is 0.404 e. The Morgan fingerprint density at radius 2 is 2.00 bits per heavy atom. The van der Waals surface area contributed by atoms with E-state index in [9.17, 15) is 13.6 Å². The third kappa shape index (κ3) is 2.36. The molecule has 0 saturated heterocycles. The van der Waals surface area contributed by atoms with Crippen LogP contribution < -0.4 is 5.32 Å². The van der Waals surface area contributed by atoms with Gasteiger partial charge in [-0.05, 0) is 0 Å². The number of pyridine rings is 1. The van der Waals surface area contributed by atoms with Crippen molar-refractivity contribution in [3.05, 3.63) is 29.6 Å². The van der Waals surface area contributed by atoms with Gasteiger partial charge in [0.05, 0.1) is 18.9 Å². The topological polar surface area (TPSA) is 62.2 Å². The zero-order chi connectivity index (χ0) is 9.84. The van der Waals surface area contributed by atoms with Crippen LogP contribution in [-0.2, 0) is 6.54 Å². The molecular weight excluding hydrogens is 182 g/mol. The van der Waals surface area contributed by atoms with Gasteiger partial charge in [0.1, 0.15) is 11.6 Å². The average Bonchev–Trinajstić information content (AvgIpc) is 2.03. The summed E-state index contributed by atoms with van der Waals surface area (Å²) in [7, 11) is 0. The first-order chi connectivity index (χ1) is 6.11. The predicted molar refractivity (Wildman–Crippen MR) is 39.0 cm³/mol. The largest absolute Gasteiger partial charge is 0.465 e. The van der Waals surface area contributed by atoms with Gasteiger partial charge in [-0.15, -0.1) is 0 Å². The molecule has 1 heterocycles. The first-order valence-electron chi connectivity index (χ1n) is 3.36. The van der Waals surface area contributed by atoms with Crippen LogP contribution in [0.4, 0.5) is 13.6 Å². The first-order valence-corrected chi connectivity index (χ1v) is 3.36. The van der Waals surface area contributed by atoms with Crippen molar-refractivity contribution in [2.45, 2.75) is 6.54 Å². The number of nitrogens with zero attached hydrogens (tertiary/aromatic N) is 1. The van der Waals surface area contributed by atoms with E-state index in [4.69, 9.17) is 5.11 Å². The standard InChI is InChI=1S/C7H6F2N2O2/c8-5-2-10-3-6(9)4(5)1-11-7(12)13/h2-3,11H,1H2,(H,12,13). The van der Waals surface area contributed by atoms with E-state index in [1.165, 1.54) is 0 Å². The van der Waals surface area contributed by atoms with Crippen molar-refractivity contribution in [3.8, 4) is 0 Å². The van der Waals surface area contributed by atoms with Gasteiger partial charge in [0.25, 0.3) is 0 Å². The second kappa shape index (κ2) is 3.79. The lowest BCUT2D eigenvalue weighted by atomic mass is 10.2. The Kier molecular flexibility index (Phi) is 2.73. The minimum atomic E-state index is -1.34. The van der Waals surface area contributed by atoms with Crippen LogP contribution in [0, 0.1) is 11.6 Å². The molecule has 0 bridgehead atoms. The second-order valence-electron chi connectivity index (χ2n) is 2.24. The molecule has 2 N–H and O–H groups in total. The molecular formula is C7H6F2N2O2. The van der Waals surface area contributed by atoms with E-state index >= 15 is 0 Å². The van der Waals surface area contributed by atoms with Crippen molar-refractivity contribution in [3.63, 3.8) is 0 Å². The molecule has 1 rings (SSSR count). The highest BCUT2D eigenvalue weighted by Crippen LogP contribution is 2.09. The number of hydrogen-bond acceptors (Lipinski definition) is 2. The number of carbonyl (C=O) groups is 1. The summed E-state index contributed by atoms with van der Waals surface area (Å²) in [5.74, 6) is -1.73. The van der Waals surface area contributed by atoms with Crippen molar-refractivity contribution >= 4 is 6.09 Å². The monoisotopic (exact) mass is 188 g/mol. The molecule has 0 fully saturated rings. The average molecular weight is 188 g/mol. The second-order valence-corrected chi connectivity index (χ2v) is 2.24. The van der Waals surface area contributed by atoms with E-state index in [-0.39, 0.29) is 5.56 Å². The van der Waals surface area contributed by atoms with Crippen molar-refractivity contribution in [2.24, 2.45) is 0 Å². The van der Waals surface area contributed by atoms with E-state index in [0.29, 0.717) is 0 Å². The molecule has 0 aliphatic carbocycles. The van der Waals surface area contributed by atoms with E-state index in [2.05, 4.69) is 4.98 Å². The number of rotatable bonds is 2. The first kappa shape index (κ1) is 9.37. The van der Waals surface area contributed by atoms with Crippen LogP contribution in [0.1, 0.15) is 5.56 Å². The van der Waals surface area contributed by atoms with Gasteiger partial charge in [-0.1, -0.05) is 0 Å². The minimum Gasteiger partial charge on any atom is -0.465 e. The molecule has 4 nitrogen and oxygen atoms in total. The molecule has 1 aromatic heterocycles. The Morgan fingerprint density at radius 3 is 2.46 bits per heavy atom. The molecule has 6 heteroatoms. The summed E-state index contributed by atoms with van der Waals surface area (Å²) < 4.78 is 25.5. The van der Waals surface area contributed by atoms with E-state index in [0.717, 1.165) is 12.4 Å². The van der Waals surface area contributed by atoms with Gasteiger partial charge in [0.2, 0.25) is 0 Å². The molecule has 0 aliphatic rings. The molecule has 13 heavy (non-hydrogen) atoms. The summed E-state index contributed by atoms with van der Waals surface area (Å²) in [4.78, 5) is 13.3. The Morgan fingerprint density at radius 1 is 1.46 bits per heavy atom. The Bertz CT molecular complexity index is 310. The highest BCUT2D eigenvalue weighted by atomic mass is 19.1. The SMILES string of the molecule is O=C(O)NCc1c(F)cncc1F. The third-order valence-electron chi connectivity index (χ3n) is 1.37. The summed E-state index contributed by atoms with van der Waals surface area (Å²) in [5.41, 5.74) is -0.336. The molecule has 0 unspecified atom stereocenters. The predicted octanol–water partition coefficient (Wildman–Crippen LogP) is 1.13. The smallest absolute Gasteiger partial charge is 0.404 e. The molecule has 70 valence electrons. The lowest BCUT2D eigenvalue weighted by Crippen LogP contribution is -2.21. The van der Waals surface area contributed by atoms with E-state index in [1.54, 1.807) is 0 Å². The molecule has 0 aliphatic heterocycles. The molecule has 0 saturated carbocycles. The fourth-order valence-corrected chi connectivity index (χ4v) is 0.771. The number of aromatic nitrogens is 1. The van der Waals surface area contributed by atoms with Crippen molar-refractivity contribution in [1.29, 1.82) is 0 Å². The maximum atomic E-state index is 12.8. The fraction of sp³-hybridized carbons (Fsp3) is 0.143. The van der Waals surface area contributed by atoms with Crippen LogP contribution in [0.3, 0.4) is 0 Å². The van der Waals surface area contributed by atoms with Crippen LogP contribution in [0.15, 0.2) is 12.4 Å². The summed E-state index contributed by atoms with van der Waals surface area (Å²) >= 11 is 0. The number of amides is 1. The summed E-state index contributed by atoms with van der Waals surface area (Å²) in [6.45, 7) is -0.407. The van der Waals surface area contributed by atoms with Gasteiger partial charge in [-0.25, -0.2) is 13.6 Å². The molecule has 0 radical (unpaired) electrons. The van der Waals surface area contributed by atoms with E-state index < -0.39 is 24.3 Å². The lowest BCUT2D eigenvalue weighted by molar-refractivity contribution is 0.193. The third-order valence-corrected chi connectivity index (χ3v) is 1.37. The van der Waals surface area contributed by atoms with Crippen molar-refractivity contribution in [2.75, 3.05) is 0 Å². The van der Waals surface area contributed by atoms with Crippen molar-refractivity contribution in [1.82, 2.24) is 10.3 Å². The fourth-order valence-electron chi connectivity index (χ4n) is 0.771. The summed E-state index contributed by atoms with van der Waals surface area (Å²) in [6.07, 6.45) is 0.305. The zero-order valence-electron chi connectivity index (χ0n) is 6.42. The highest BCUT2D eigenvalue weighted by molar-refractivity contribution is 5.64. The summed E-state index contributed by atoms with van der Waals surface area (Å²) in [5, 5.41) is 10.0. The van der Waals surface area contributed by atoms with Gasteiger partial charge in [-0.3, -0.25) is 4.98 Å². The Balaban J connectivity index is 2.81. The number of hydrogen-bond donors (Lipinski definition) is 2. The normalized spacial score (nSPS) is 9.69. The molecule has 0 aromatic carbocycles. The maximum absolute atomic E-state index is 12.8. The Hall–Kier alpha value is -1.72. The number of halogens is 2. The van der Waals surface area contributed by atoms with Crippen LogP contribution in [0.2, 0.25) is 0 Å². The minimum absolute atomic E-state index is 0.336. The highest BCUT2D eigenvalue weighted by Gasteiger charge is 2.09. The molecule has 1 amide bonds. The van der Waals surface area contributed by atoms with Gasteiger partial charge in [-0.2, -0.15) is 0 Å². The van der Waals surface area contributed by atoms with Gasteiger partial charge >= 0.3 is 6.09 Å². The quantitative estimate of drug-likeness (QED) is 0.731. The van der Waals surface area contributed by atoms with Crippen LogP contribution in [-0.4, -0.2) is 16.2 Å².